The van der Waals surface area contributed by atoms with Gasteiger partial charge in [-0.3, -0.25) is 4.90 Å². The molecule has 3 aliphatic rings. The van der Waals surface area contributed by atoms with E-state index in [4.69, 9.17) is 26.3 Å². The van der Waals surface area contributed by atoms with Crippen LogP contribution in [0.2, 0.25) is 5.02 Å². The van der Waals surface area contributed by atoms with Crippen LogP contribution in [0.4, 0.5) is 11.5 Å². The van der Waals surface area contributed by atoms with Crippen molar-refractivity contribution < 1.29 is 4.74 Å². The molecule has 3 aliphatic heterocycles. The first-order chi connectivity index (χ1) is 19.2. The summed E-state index contributed by atoms with van der Waals surface area (Å²) in [7, 11) is 0. The molecule has 0 saturated carbocycles. The van der Waals surface area contributed by atoms with Crippen molar-refractivity contribution in [2.45, 2.75) is 45.3 Å². The molecule has 4 aromatic rings. The number of ether oxygens (including phenoxy) is 1. The van der Waals surface area contributed by atoms with Crippen LogP contribution in [-0.2, 0) is 26.1 Å². The lowest BCUT2D eigenvalue weighted by molar-refractivity contribution is 0.177. The van der Waals surface area contributed by atoms with Crippen molar-refractivity contribution >= 4 is 33.9 Å². The normalized spacial score (nSPS) is 17.8. The SMILES string of the molecule is Clc1cccc2cccc(N3CCc4c(nc(OCCN5CCCCC5)nc4N4CCn5cncc5C4)C3)c12. The molecule has 1 fully saturated rings. The Hall–Kier alpha value is -3.36. The quantitative estimate of drug-likeness (QED) is 0.342. The predicted octanol–water partition coefficient (Wildman–Crippen LogP) is 4.93. The number of benzene rings is 2. The fourth-order valence-electron chi connectivity index (χ4n) is 6.27. The van der Waals surface area contributed by atoms with E-state index in [0.717, 1.165) is 85.2 Å². The summed E-state index contributed by atoms with van der Waals surface area (Å²) in [5.74, 6) is 1.01. The molecule has 7 rings (SSSR count). The van der Waals surface area contributed by atoms with Gasteiger partial charge < -0.3 is 19.1 Å². The Balaban J connectivity index is 1.20. The third-order valence-electron chi connectivity index (χ3n) is 8.34. The molecule has 0 radical (unpaired) electrons. The molecule has 2 aromatic heterocycles. The van der Waals surface area contributed by atoms with E-state index in [0.29, 0.717) is 19.2 Å². The molecule has 202 valence electrons. The van der Waals surface area contributed by atoms with E-state index >= 15 is 0 Å². The topological polar surface area (TPSA) is 62.6 Å². The monoisotopic (exact) mass is 543 g/mol. The predicted molar refractivity (Wildman–Crippen MR) is 155 cm³/mol. The van der Waals surface area contributed by atoms with Gasteiger partial charge in [0.1, 0.15) is 12.4 Å². The minimum absolute atomic E-state index is 0.484. The van der Waals surface area contributed by atoms with Gasteiger partial charge in [0, 0.05) is 49.0 Å². The highest BCUT2D eigenvalue weighted by atomic mass is 35.5. The van der Waals surface area contributed by atoms with Crippen molar-refractivity contribution in [3.05, 3.63) is 70.9 Å². The van der Waals surface area contributed by atoms with Crippen LogP contribution in [0.1, 0.15) is 36.2 Å². The summed E-state index contributed by atoms with van der Waals surface area (Å²) in [6.45, 7) is 8.00. The van der Waals surface area contributed by atoms with Crippen molar-refractivity contribution in [1.82, 2.24) is 24.4 Å². The fraction of sp³-hybridized carbons (Fsp3) is 0.433. The molecular weight excluding hydrogens is 510 g/mol. The van der Waals surface area contributed by atoms with Crippen molar-refractivity contribution in [1.29, 1.82) is 0 Å². The summed E-state index contributed by atoms with van der Waals surface area (Å²) in [5.41, 5.74) is 4.64. The first-order valence-electron chi connectivity index (χ1n) is 14.1. The van der Waals surface area contributed by atoms with Gasteiger partial charge in [0.05, 0.1) is 35.8 Å². The minimum Gasteiger partial charge on any atom is -0.462 e. The second-order valence-electron chi connectivity index (χ2n) is 10.8. The lowest BCUT2D eigenvalue weighted by Crippen LogP contribution is -2.37. The van der Waals surface area contributed by atoms with Crippen LogP contribution in [0.25, 0.3) is 10.8 Å². The maximum absolute atomic E-state index is 6.70. The molecule has 0 unspecified atom stereocenters. The van der Waals surface area contributed by atoms with Crippen LogP contribution in [0.3, 0.4) is 0 Å². The molecule has 5 heterocycles. The standard InChI is InChI=1S/C30H34ClN7O/c31-25-8-4-6-22-7-5-9-27(28(22)25)36-13-10-24-26(20-36)33-30(39-17-16-35-11-2-1-3-12-35)34-29(24)37-14-15-38-21-32-18-23(38)19-37/h4-9,18,21H,1-3,10-17,19-20H2. The zero-order chi connectivity index (χ0) is 26.2. The van der Waals surface area contributed by atoms with Crippen LogP contribution in [0, 0.1) is 0 Å². The van der Waals surface area contributed by atoms with Gasteiger partial charge in [-0.1, -0.05) is 42.3 Å². The van der Waals surface area contributed by atoms with Crippen LogP contribution in [0.15, 0.2) is 48.9 Å². The van der Waals surface area contributed by atoms with Gasteiger partial charge in [0.2, 0.25) is 0 Å². The average molecular weight is 544 g/mol. The van der Waals surface area contributed by atoms with Gasteiger partial charge in [-0.25, -0.2) is 4.98 Å². The highest BCUT2D eigenvalue weighted by Gasteiger charge is 2.28. The summed E-state index contributed by atoms with van der Waals surface area (Å²) in [5, 5.41) is 3.03. The van der Waals surface area contributed by atoms with Crippen LogP contribution in [0.5, 0.6) is 6.01 Å². The number of nitrogens with zero attached hydrogens (tertiary/aromatic N) is 7. The van der Waals surface area contributed by atoms with Crippen LogP contribution >= 0.6 is 11.6 Å². The number of fused-ring (bicyclic) bond motifs is 3. The number of imidazole rings is 1. The molecule has 2 aromatic carbocycles. The molecule has 8 nitrogen and oxygen atoms in total. The molecule has 1 saturated heterocycles. The highest BCUT2D eigenvalue weighted by Crippen LogP contribution is 2.37. The summed E-state index contributed by atoms with van der Waals surface area (Å²) in [6.07, 6.45) is 8.64. The number of anilines is 2. The second-order valence-corrected chi connectivity index (χ2v) is 11.2. The lowest BCUT2D eigenvalue weighted by Gasteiger charge is -2.35. The Kier molecular flexibility index (Phi) is 6.74. The van der Waals surface area contributed by atoms with Crippen molar-refractivity contribution in [2.75, 3.05) is 49.1 Å². The number of piperidine rings is 1. The Morgan fingerprint density at radius 2 is 1.74 bits per heavy atom. The van der Waals surface area contributed by atoms with Crippen LogP contribution in [-0.4, -0.2) is 63.7 Å². The van der Waals surface area contributed by atoms with Crippen molar-refractivity contribution in [2.24, 2.45) is 0 Å². The van der Waals surface area contributed by atoms with E-state index in [1.165, 1.54) is 30.5 Å². The van der Waals surface area contributed by atoms with E-state index in [2.05, 4.69) is 48.5 Å². The Bertz CT molecular complexity index is 1480. The maximum atomic E-state index is 6.70. The molecule has 0 aliphatic carbocycles. The highest BCUT2D eigenvalue weighted by molar-refractivity contribution is 6.36. The molecule has 39 heavy (non-hydrogen) atoms. The molecule has 0 N–H and O–H groups in total. The zero-order valence-corrected chi connectivity index (χ0v) is 23.0. The van der Waals surface area contributed by atoms with E-state index in [1.54, 1.807) is 0 Å². The number of rotatable bonds is 6. The number of hydrogen-bond acceptors (Lipinski definition) is 7. The number of hydrogen-bond donors (Lipinski definition) is 0. The van der Waals surface area contributed by atoms with Crippen molar-refractivity contribution in [3.8, 4) is 6.01 Å². The fourth-order valence-corrected chi connectivity index (χ4v) is 6.55. The number of aromatic nitrogens is 4. The first-order valence-corrected chi connectivity index (χ1v) is 14.5. The summed E-state index contributed by atoms with van der Waals surface area (Å²) in [6, 6.07) is 13.0. The molecule has 0 atom stereocenters. The van der Waals surface area contributed by atoms with Crippen molar-refractivity contribution in [3.63, 3.8) is 0 Å². The van der Waals surface area contributed by atoms with E-state index in [-0.39, 0.29) is 0 Å². The van der Waals surface area contributed by atoms with Gasteiger partial charge in [-0.2, -0.15) is 9.97 Å². The summed E-state index contributed by atoms with van der Waals surface area (Å²) in [4.78, 5) is 21.6. The zero-order valence-electron chi connectivity index (χ0n) is 22.2. The van der Waals surface area contributed by atoms with E-state index < -0.39 is 0 Å². The second kappa shape index (κ2) is 10.7. The van der Waals surface area contributed by atoms with Gasteiger partial charge in [0.25, 0.3) is 0 Å². The van der Waals surface area contributed by atoms with E-state index in [1.807, 2.05) is 24.7 Å². The smallest absolute Gasteiger partial charge is 0.318 e. The lowest BCUT2D eigenvalue weighted by atomic mass is 10.0. The van der Waals surface area contributed by atoms with Gasteiger partial charge in [-0.05, 0) is 49.9 Å². The van der Waals surface area contributed by atoms with Gasteiger partial charge in [0.15, 0.2) is 0 Å². The maximum Gasteiger partial charge on any atom is 0.318 e. The number of likely N-dealkylation sites (tertiary alicyclic amines) is 1. The summed E-state index contributed by atoms with van der Waals surface area (Å²) >= 11 is 6.70. The average Bonchev–Trinajstić information content (AvgIpc) is 3.45. The van der Waals surface area contributed by atoms with E-state index in [9.17, 15) is 0 Å². The first kappa shape index (κ1) is 24.7. The number of halogens is 1. The molecule has 0 amide bonds. The third kappa shape index (κ3) is 4.92. The minimum atomic E-state index is 0.484. The summed E-state index contributed by atoms with van der Waals surface area (Å²) < 4.78 is 8.47. The third-order valence-corrected chi connectivity index (χ3v) is 8.66. The Morgan fingerprint density at radius 3 is 2.64 bits per heavy atom. The Labute approximate surface area is 234 Å². The van der Waals surface area contributed by atoms with Gasteiger partial charge >= 0.3 is 6.01 Å². The van der Waals surface area contributed by atoms with Crippen LogP contribution < -0.4 is 14.5 Å². The molecule has 0 spiro atoms. The van der Waals surface area contributed by atoms with Gasteiger partial charge in [-0.15, -0.1) is 0 Å². The molecule has 0 bridgehead atoms. The molecule has 9 heteroatoms. The molecular formula is C30H34ClN7O. The largest absolute Gasteiger partial charge is 0.462 e. The Morgan fingerprint density at radius 1 is 0.872 bits per heavy atom.